The van der Waals surface area contributed by atoms with E-state index in [4.69, 9.17) is 4.42 Å². The molecule has 0 atom stereocenters. The summed E-state index contributed by atoms with van der Waals surface area (Å²) in [6, 6.07) is 0. The first kappa shape index (κ1) is 14.6. The van der Waals surface area contributed by atoms with E-state index < -0.39 is 0 Å². The quantitative estimate of drug-likeness (QED) is 0.889. The zero-order valence-corrected chi connectivity index (χ0v) is 12.8. The molecule has 0 radical (unpaired) electrons. The molecule has 1 aliphatic rings. The Morgan fingerprint density at radius 2 is 1.95 bits per heavy atom. The second-order valence-corrected chi connectivity index (χ2v) is 6.85. The standard InChI is InChI=1S/C16H28N2O/c1-5-17-11-15-18-10-14(19-15)12-6-8-13(9-7-12)16(2,3)4/h10,12-13,17H,5-9,11H2,1-4H3. The lowest BCUT2D eigenvalue weighted by Crippen LogP contribution is -2.25. The maximum Gasteiger partial charge on any atom is 0.208 e. The summed E-state index contributed by atoms with van der Waals surface area (Å²) in [6.45, 7) is 10.9. The minimum absolute atomic E-state index is 0.447. The van der Waals surface area contributed by atoms with Crippen molar-refractivity contribution in [2.75, 3.05) is 6.54 Å². The Morgan fingerprint density at radius 3 is 2.53 bits per heavy atom. The molecule has 1 N–H and O–H groups in total. The minimum atomic E-state index is 0.447. The van der Waals surface area contributed by atoms with Gasteiger partial charge < -0.3 is 9.73 Å². The molecule has 0 bridgehead atoms. The van der Waals surface area contributed by atoms with Crippen molar-refractivity contribution >= 4 is 0 Å². The molecule has 1 saturated carbocycles. The fourth-order valence-corrected chi connectivity index (χ4v) is 3.07. The Morgan fingerprint density at radius 1 is 1.26 bits per heavy atom. The van der Waals surface area contributed by atoms with Crippen LogP contribution in [0.15, 0.2) is 10.6 Å². The van der Waals surface area contributed by atoms with Crippen molar-refractivity contribution in [2.24, 2.45) is 11.3 Å². The summed E-state index contributed by atoms with van der Waals surface area (Å²) >= 11 is 0. The Kier molecular flexibility index (Phi) is 4.67. The molecule has 108 valence electrons. The van der Waals surface area contributed by atoms with Gasteiger partial charge in [-0.3, -0.25) is 0 Å². The largest absolute Gasteiger partial charge is 0.444 e. The molecule has 0 amide bonds. The third-order valence-electron chi connectivity index (χ3n) is 4.45. The van der Waals surface area contributed by atoms with E-state index in [2.05, 4.69) is 38.0 Å². The average molecular weight is 264 g/mol. The molecular formula is C16H28N2O. The number of nitrogens with one attached hydrogen (secondary N) is 1. The molecule has 1 aliphatic carbocycles. The molecule has 1 fully saturated rings. The van der Waals surface area contributed by atoms with Crippen molar-refractivity contribution in [3.8, 4) is 0 Å². The van der Waals surface area contributed by atoms with Crippen LogP contribution in [0.1, 0.15) is 70.9 Å². The van der Waals surface area contributed by atoms with Gasteiger partial charge in [0, 0.05) is 5.92 Å². The smallest absolute Gasteiger partial charge is 0.208 e. The van der Waals surface area contributed by atoms with Gasteiger partial charge in [0.15, 0.2) is 0 Å². The van der Waals surface area contributed by atoms with Crippen molar-refractivity contribution in [3.63, 3.8) is 0 Å². The highest BCUT2D eigenvalue weighted by molar-refractivity contribution is 5.04. The summed E-state index contributed by atoms with van der Waals surface area (Å²) in [6.07, 6.45) is 7.07. The van der Waals surface area contributed by atoms with Crippen molar-refractivity contribution in [1.29, 1.82) is 0 Å². The van der Waals surface area contributed by atoms with Gasteiger partial charge in [0.2, 0.25) is 5.89 Å². The third-order valence-corrected chi connectivity index (χ3v) is 4.45. The molecule has 0 saturated heterocycles. The van der Waals surface area contributed by atoms with Crippen LogP contribution in [0.4, 0.5) is 0 Å². The molecular weight excluding hydrogens is 236 g/mol. The Hall–Kier alpha value is -0.830. The van der Waals surface area contributed by atoms with E-state index in [1.165, 1.54) is 25.7 Å². The van der Waals surface area contributed by atoms with Crippen molar-refractivity contribution in [1.82, 2.24) is 10.3 Å². The van der Waals surface area contributed by atoms with Crippen molar-refractivity contribution < 1.29 is 4.42 Å². The monoisotopic (exact) mass is 264 g/mol. The molecule has 1 heterocycles. The lowest BCUT2D eigenvalue weighted by molar-refractivity contribution is 0.162. The second-order valence-electron chi connectivity index (χ2n) is 6.85. The first-order chi connectivity index (χ1) is 9.00. The van der Waals surface area contributed by atoms with E-state index in [0.29, 0.717) is 11.3 Å². The molecule has 2 rings (SSSR count). The summed E-state index contributed by atoms with van der Waals surface area (Å²) in [5.74, 6) is 3.37. The van der Waals surface area contributed by atoms with Crippen LogP contribution in [-0.4, -0.2) is 11.5 Å². The number of hydrogen-bond donors (Lipinski definition) is 1. The lowest BCUT2D eigenvalue weighted by Gasteiger charge is -2.36. The molecule has 0 spiro atoms. The highest BCUT2D eigenvalue weighted by Crippen LogP contribution is 2.43. The molecule has 3 nitrogen and oxygen atoms in total. The molecule has 0 aliphatic heterocycles. The zero-order valence-electron chi connectivity index (χ0n) is 12.8. The number of aromatic nitrogens is 1. The SMILES string of the molecule is CCNCc1ncc(C2CCC(C(C)(C)C)CC2)o1. The fourth-order valence-electron chi connectivity index (χ4n) is 3.07. The van der Waals surface area contributed by atoms with Gasteiger partial charge in [-0.2, -0.15) is 0 Å². The van der Waals surface area contributed by atoms with Gasteiger partial charge in [-0.1, -0.05) is 27.7 Å². The molecule has 1 aromatic heterocycles. The topological polar surface area (TPSA) is 38.1 Å². The summed E-state index contributed by atoms with van der Waals surface area (Å²) in [7, 11) is 0. The van der Waals surface area contributed by atoms with E-state index in [1.807, 2.05) is 6.20 Å². The maximum absolute atomic E-state index is 5.87. The van der Waals surface area contributed by atoms with Gasteiger partial charge in [-0.15, -0.1) is 0 Å². The van der Waals surface area contributed by atoms with Crippen LogP contribution in [0, 0.1) is 11.3 Å². The highest BCUT2D eigenvalue weighted by Gasteiger charge is 2.31. The number of hydrogen-bond acceptors (Lipinski definition) is 3. The van der Waals surface area contributed by atoms with E-state index >= 15 is 0 Å². The van der Waals surface area contributed by atoms with Crippen molar-refractivity contribution in [3.05, 3.63) is 17.8 Å². The average Bonchev–Trinajstić information content (AvgIpc) is 2.84. The summed E-state index contributed by atoms with van der Waals surface area (Å²) in [4.78, 5) is 4.37. The molecule has 19 heavy (non-hydrogen) atoms. The normalized spacial score (nSPS) is 24.6. The highest BCUT2D eigenvalue weighted by atomic mass is 16.4. The summed E-state index contributed by atoms with van der Waals surface area (Å²) in [5, 5.41) is 3.25. The van der Waals surface area contributed by atoms with Gasteiger partial charge in [0.05, 0.1) is 12.7 Å². The van der Waals surface area contributed by atoms with Gasteiger partial charge in [0.25, 0.3) is 0 Å². The van der Waals surface area contributed by atoms with E-state index in [-0.39, 0.29) is 0 Å². The molecule has 0 aromatic carbocycles. The predicted octanol–water partition coefficient (Wildman–Crippen LogP) is 4.10. The molecule has 0 unspecified atom stereocenters. The fraction of sp³-hybridized carbons (Fsp3) is 0.812. The Labute approximate surface area is 117 Å². The van der Waals surface area contributed by atoms with Crippen LogP contribution < -0.4 is 5.32 Å². The Balaban J connectivity index is 1.89. The van der Waals surface area contributed by atoms with E-state index in [1.54, 1.807) is 0 Å². The Bertz CT molecular complexity index is 384. The predicted molar refractivity (Wildman–Crippen MR) is 78.0 cm³/mol. The summed E-state index contributed by atoms with van der Waals surface area (Å²) in [5.41, 5.74) is 0.447. The third kappa shape index (κ3) is 3.82. The van der Waals surface area contributed by atoms with Gasteiger partial charge in [-0.05, 0) is 43.6 Å². The zero-order chi connectivity index (χ0) is 13.9. The maximum atomic E-state index is 5.87. The second kappa shape index (κ2) is 6.08. The lowest BCUT2D eigenvalue weighted by atomic mass is 9.69. The first-order valence-corrected chi connectivity index (χ1v) is 7.66. The van der Waals surface area contributed by atoms with E-state index in [9.17, 15) is 0 Å². The molecule has 3 heteroatoms. The van der Waals surface area contributed by atoms with Gasteiger partial charge in [-0.25, -0.2) is 4.98 Å². The van der Waals surface area contributed by atoms with Crippen LogP contribution in [0.25, 0.3) is 0 Å². The van der Waals surface area contributed by atoms with Gasteiger partial charge in [0.1, 0.15) is 5.76 Å². The van der Waals surface area contributed by atoms with Crippen LogP contribution in [0.3, 0.4) is 0 Å². The number of nitrogens with zero attached hydrogens (tertiary/aromatic N) is 1. The van der Waals surface area contributed by atoms with Crippen LogP contribution in [-0.2, 0) is 6.54 Å². The number of oxazole rings is 1. The van der Waals surface area contributed by atoms with E-state index in [0.717, 1.165) is 30.7 Å². The van der Waals surface area contributed by atoms with Crippen LogP contribution >= 0.6 is 0 Å². The summed E-state index contributed by atoms with van der Waals surface area (Å²) < 4.78 is 5.87. The number of rotatable bonds is 4. The van der Waals surface area contributed by atoms with Crippen molar-refractivity contribution in [2.45, 2.75) is 65.8 Å². The van der Waals surface area contributed by atoms with Crippen LogP contribution in [0.2, 0.25) is 0 Å². The minimum Gasteiger partial charge on any atom is -0.444 e. The van der Waals surface area contributed by atoms with Crippen LogP contribution in [0.5, 0.6) is 0 Å². The van der Waals surface area contributed by atoms with Gasteiger partial charge >= 0.3 is 0 Å². The first-order valence-electron chi connectivity index (χ1n) is 7.66. The molecule has 1 aromatic rings.